The molecular weight excluding hydrogens is 234 g/mol. The maximum absolute atomic E-state index is 11.1. The second-order valence-electron chi connectivity index (χ2n) is 3.68. The lowest BCUT2D eigenvalue weighted by Crippen LogP contribution is -2.24. The van der Waals surface area contributed by atoms with Gasteiger partial charge in [0.05, 0.1) is 6.61 Å². The molecule has 0 radical (unpaired) electrons. The third-order valence-corrected chi connectivity index (χ3v) is 2.07. The summed E-state index contributed by atoms with van der Waals surface area (Å²) < 4.78 is 4.91. The van der Waals surface area contributed by atoms with Gasteiger partial charge in [0.15, 0.2) is 0 Å². The summed E-state index contributed by atoms with van der Waals surface area (Å²) >= 11 is 0. The van der Waals surface area contributed by atoms with Gasteiger partial charge in [-0.05, 0) is 26.2 Å². The van der Waals surface area contributed by atoms with Crippen molar-refractivity contribution in [3.63, 3.8) is 0 Å². The van der Waals surface area contributed by atoms with Crippen LogP contribution in [0.5, 0.6) is 0 Å². The molecule has 0 fully saturated rings. The zero-order valence-corrected chi connectivity index (χ0v) is 10.7. The van der Waals surface area contributed by atoms with Crippen molar-refractivity contribution in [2.45, 2.75) is 32.6 Å². The van der Waals surface area contributed by atoms with Gasteiger partial charge >= 0.3 is 12.1 Å². The molecule has 0 atom stereocenters. The average molecular weight is 255 g/mol. The van der Waals surface area contributed by atoms with E-state index in [1.807, 2.05) is 31.2 Å². The second-order valence-corrected chi connectivity index (χ2v) is 3.68. The number of alkyl carbamates (subject to hydrolysis) is 1. The number of hydrogen-bond acceptors (Lipinski definition) is 3. The summed E-state index contributed by atoms with van der Waals surface area (Å²) in [6.45, 7) is 2.67. The van der Waals surface area contributed by atoms with E-state index in [9.17, 15) is 9.59 Å². The summed E-state index contributed by atoms with van der Waals surface area (Å²) in [4.78, 5) is 21.4. The normalized spacial score (nSPS) is 10.9. The van der Waals surface area contributed by atoms with Gasteiger partial charge in [0.25, 0.3) is 0 Å². The number of ether oxygens (including phenoxy) is 1. The lowest BCUT2D eigenvalue weighted by molar-refractivity contribution is -0.137. The van der Waals surface area contributed by atoms with Crippen molar-refractivity contribution < 1.29 is 19.4 Å². The lowest BCUT2D eigenvalue weighted by atomic mass is 10.2. The lowest BCUT2D eigenvalue weighted by Gasteiger charge is -2.04. The summed E-state index contributed by atoms with van der Waals surface area (Å²) in [6.07, 6.45) is 9.20. The highest BCUT2D eigenvalue weighted by Crippen LogP contribution is 1.99. The molecule has 0 aromatic rings. The molecule has 0 aliphatic rings. The van der Waals surface area contributed by atoms with Gasteiger partial charge in [0, 0.05) is 13.0 Å². The fraction of sp³-hybridized carbons (Fsp3) is 0.538. The van der Waals surface area contributed by atoms with E-state index in [-0.39, 0.29) is 6.42 Å². The van der Waals surface area contributed by atoms with Crippen LogP contribution in [-0.2, 0) is 9.53 Å². The van der Waals surface area contributed by atoms with Gasteiger partial charge in [-0.15, -0.1) is 0 Å². The Labute approximate surface area is 108 Å². The minimum absolute atomic E-state index is 0.169. The number of nitrogens with one attached hydrogen (secondary N) is 1. The predicted octanol–water partition coefficient (Wildman–Crippen LogP) is 2.49. The predicted molar refractivity (Wildman–Crippen MR) is 69.4 cm³/mol. The first-order valence-electron chi connectivity index (χ1n) is 6.07. The molecule has 5 heteroatoms. The molecule has 102 valence electrons. The molecule has 0 saturated heterocycles. The summed E-state index contributed by atoms with van der Waals surface area (Å²) in [5, 5.41) is 11.0. The number of rotatable bonds is 9. The highest BCUT2D eigenvalue weighted by molar-refractivity contribution is 5.67. The number of hydrogen-bond donors (Lipinski definition) is 2. The summed E-state index contributed by atoms with van der Waals surface area (Å²) in [6, 6.07) is 0. The Balaban J connectivity index is 3.34. The number of carbonyl (C=O) groups excluding carboxylic acids is 1. The summed E-state index contributed by atoms with van der Waals surface area (Å²) in [7, 11) is 0. The molecule has 0 unspecified atom stereocenters. The fourth-order valence-corrected chi connectivity index (χ4v) is 1.17. The molecule has 0 saturated carbocycles. The zero-order chi connectivity index (χ0) is 13.6. The van der Waals surface area contributed by atoms with Crippen LogP contribution >= 0.6 is 0 Å². The van der Waals surface area contributed by atoms with Crippen LogP contribution in [0.3, 0.4) is 0 Å². The summed E-state index contributed by atoms with van der Waals surface area (Å²) in [5.74, 6) is -0.790. The van der Waals surface area contributed by atoms with E-state index in [0.29, 0.717) is 26.0 Å². The van der Waals surface area contributed by atoms with Crippen molar-refractivity contribution in [3.8, 4) is 0 Å². The Kier molecular flexibility index (Phi) is 10.5. The van der Waals surface area contributed by atoms with Crippen LogP contribution in [0.1, 0.15) is 32.6 Å². The van der Waals surface area contributed by atoms with Gasteiger partial charge in [0.2, 0.25) is 0 Å². The van der Waals surface area contributed by atoms with Crippen LogP contribution < -0.4 is 5.32 Å². The Morgan fingerprint density at radius 2 is 2.00 bits per heavy atom. The molecular formula is C13H21NO4. The molecule has 5 nitrogen and oxygen atoms in total. The van der Waals surface area contributed by atoms with Crippen molar-refractivity contribution in [3.05, 3.63) is 24.3 Å². The van der Waals surface area contributed by atoms with Crippen LogP contribution in [0.2, 0.25) is 0 Å². The number of aliphatic carboxylic acids is 1. The minimum atomic E-state index is -0.790. The third-order valence-electron chi connectivity index (χ3n) is 2.07. The van der Waals surface area contributed by atoms with Crippen LogP contribution in [0.4, 0.5) is 4.79 Å². The van der Waals surface area contributed by atoms with Crippen molar-refractivity contribution in [2.24, 2.45) is 0 Å². The number of carbonyl (C=O) groups is 2. The van der Waals surface area contributed by atoms with Crippen molar-refractivity contribution in [2.75, 3.05) is 13.2 Å². The molecule has 0 bridgehead atoms. The monoisotopic (exact) mass is 255 g/mol. The SMILES string of the molecule is C/C=C/C=C\CNC(=O)OCCCCCC(=O)O. The number of carboxylic acid groups (broad SMARTS) is 1. The van der Waals surface area contributed by atoms with E-state index in [1.165, 1.54) is 0 Å². The van der Waals surface area contributed by atoms with Gasteiger partial charge in [-0.1, -0.05) is 24.3 Å². The fourth-order valence-electron chi connectivity index (χ4n) is 1.17. The van der Waals surface area contributed by atoms with Crippen molar-refractivity contribution in [1.29, 1.82) is 0 Å². The van der Waals surface area contributed by atoms with Gasteiger partial charge in [-0.2, -0.15) is 0 Å². The van der Waals surface area contributed by atoms with Crippen LogP contribution in [0.25, 0.3) is 0 Å². The van der Waals surface area contributed by atoms with Crippen LogP contribution in [0.15, 0.2) is 24.3 Å². The van der Waals surface area contributed by atoms with Crippen molar-refractivity contribution >= 4 is 12.1 Å². The molecule has 0 aliphatic carbocycles. The maximum atomic E-state index is 11.1. The van der Waals surface area contributed by atoms with E-state index in [0.717, 1.165) is 6.42 Å². The number of carboxylic acids is 1. The van der Waals surface area contributed by atoms with Gasteiger partial charge in [-0.25, -0.2) is 4.79 Å². The molecule has 0 aromatic heterocycles. The molecule has 1 amide bonds. The number of allylic oxidation sites excluding steroid dienone is 3. The summed E-state index contributed by atoms with van der Waals surface area (Å²) in [5.41, 5.74) is 0. The first kappa shape index (κ1) is 16.2. The first-order valence-corrected chi connectivity index (χ1v) is 6.07. The first-order chi connectivity index (χ1) is 8.66. The van der Waals surface area contributed by atoms with E-state index in [1.54, 1.807) is 0 Å². The smallest absolute Gasteiger partial charge is 0.407 e. The standard InChI is InChI=1S/C13H21NO4/c1-2-3-4-7-10-14-13(17)18-11-8-5-6-9-12(15)16/h2-4,7H,5-6,8-11H2,1H3,(H,14,17)(H,15,16)/b3-2+,7-4-. The Bertz CT molecular complexity index is 297. The minimum Gasteiger partial charge on any atom is -0.481 e. The molecule has 2 N–H and O–H groups in total. The third kappa shape index (κ3) is 12.3. The van der Waals surface area contributed by atoms with E-state index >= 15 is 0 Å². The van der Waals surface area contributed by atoms with E-state index in [2.05, 4.69) is 5.32 Å². The van der Waals surface area contributed by atoms with Crippen molar-refractivity contribution in [1.82, 2.24) is 5.32 Å². The van der Waals surface area contributed by atoms with Gasteiger partial charge in [-0.3, -0.25) is 4.79 Å². The molecule has 0 rings (SSSR count). The molecule has 0 spiro atoms. The Morgan fingerprint density at radius 3 is 2.67 bits per heavy atom. The number of amides is 1. The molecule has 0 heterocycles. The quantitative estimate of drug-likeness (QED) is 0.490. The topological polar surface area (TPSA) is 75.6 Å². The van der Waals surface area contributed by atoms with Crippen LogP contribution in [-0.4, -0.2) is 30.3 Å². The Morgan fingerprint density at radius 1 is 1.22 bits per heavy atom. The van der Waals surface area contributed by atoms with E-state index < -0.39 is 12.1 Å². The highest BCUT2D eigenvalue weighted by Gasteiger charge is 2.00. The second kappa shape index (κ2) is 11.7. The van der Waals surface area contributed by atoms with E-state index in [4.69, 9.17) is 9.84 Å². The largest absolute Gasteiger partial charge is 0.481 e. The average Bonchev–Trinajstić information content (AvgIpc) is 2.33. The van der Waals surface area contributed by atoms with Gasteiger partial charge < -0.3 is 15.2 Å². The van der Waals surface area contributed by atoms with Gasteiger partial charge in [0.1, 0.15) is 0 Å². The van der Waals surface area contributed by atoms with Crippen LogP contribution in [0, 0.1) is 0 Å². The maximum Gasteiger partial charge on any atom is 0.407 e. The number of unbranched alkanes of at least 4 members (excludes halogenated alkanes) is 2. The highest BCUT2D eigenvalue weighted by atomic mass is 16.5. The molecule has 0 aliphatic heterocycles. The Hall–Kier alpha value is -1.78. The molecule has 0 aromatic carbocycles. The zero-order valence-electron chi connectivity index (χ0n) is 10.7. The molecule has 18 heavy (non-hydrogen) atoms.